The van der Waals surface area contributed by atoms with Gasteiger partial charge in [-0.2, -0.15) is 8.42 Å². The van der Waals surface area contributed by atoms with Crippen LogP contribution in [-0.4, -0.2) is 20.7 Å². The molecule has 1 aromatic rings. The van der Waals surface area contributed by atoms with Gasteiger partial charge in [0.2, 0.25) is 0 Å². The predicted molar refractivity (Wildman–Crippen MR) is 60.4 cm³/mol. The molecule has 1 aliphatic rings. The Morgan fingerprint density at radius 3 is 2.69 bits per heavy atom. The number of benzene rings is 1. The van der Waals surface area contributed by atoms with Crippen LogP contribution in [0.15, 0.2) is 24.3 Å². The summed E-state index contributed by atoms with van der Waals surface area (Å²) in [7, 11) is -4.50. The summed E-state index contributed by atoms with van der Waals surface area (Å²) in [5, 5.41) is 0. The second-order valence-corrected chi connectivity index (χ2v) is 5.69. The van der Waals surface area contributed by atoms with Gasteiger partial charge in [-0.1, -0.05) is 24.3 Å². The lowest BCUT2D eigenvalue weighted by Crippen LogP contribution is -2.38. The van der Waals surface area contributed by atoms with Crippen LogP contribution >= 0.6 is 0 Å². The fourth-order valence-corrected chi connectivity index (χ4v) is 3.59. The number of rotatable bonds is 3. The van der Waals surface area contributed by atoms with Crippen molar-refractivity contribution in [3.05, 3.63) is 35.4 Å². The molecule has 1 atom stereocenters. The molecule has 5 heteroatoms. The molecular formula is C11H14FNO2S. The Hall–Kier alpha value is -0.940. The van der Waals surface area contributed by atoms with Crippen LogP contribution in [0.5, 0.6) is 0 Å². The minimum Gasteiger partial charge on any atom is -0.330 e. The summed E-state index contributed by atoms with van der Waals surface area (Å²) in [4.78, 5) is 0. The van der Waals surface area contributed by atoms with Crippen LogP contribution in [0, 0.1) is 0 Å². The zero-order valence-electron chi connectivity index (χ0n) is 8.82. The molecule has 1 aliphatic carbocycles. The van der Waals surface area contributed by atoms with Gasteiger partial charge >= 0.3 is 10.2 Å². The van der Waals surface area contributed by atoms with E-state index in [0.29, 0.717) is 6.42 Å². The number of nitrogens with two attached hydrogens (primary N) is 1. The van der Waals surface area contributed by atoms with E-state index in [2.05, 4.69) is 0 Å². The van der Waals surface area contributed by atoms with Gasteiger partial charge in [0.25, 0.3) is 0 Å². The summed E-state index contributed by atoms with van der Waals surface area (Å²) < 4.78 is 34.6. The second kappa shape index (κ2) is 3.82. The Kier molecular flexibility index (Phi) is 2.75. The number of hydrogen-bond acceptors (Lipinski definition) is 3. The third kappa shape index (κ3) is 1.97. The molecule has 0 aromatic heterocycles. The summed E-state index contributed by atoms with van der Waals surface area (Å²) in [6.45, 7) is 0.160. The molecule has 0 aliphatic heterocycles. The summed E-state index contributed by atoms with van der Waals surface area (Å²) in [6, 6.07) is 7.52. The van der Waals surface area contributed by atoms with Gasteiger partial charge < -0.3 is 5.73 Å². The molecule has 1 unspecified atom stereocenters. The van der Waals surface area contributed by atoms with E-state index in [-0.39, 0.29) is 6.54 Å². The third-order valence-electron chi connectivity index (χ3n) is 3.30. The van der Waals surface area contributed by atoms with Crippen molar-refractivity contribution >= 4 is 10.2 Å². The summed E-state index contributed by atoms with van der Waals surface area (Å²) >= 11 is 0. The minimum atomic E-state index is -4.50. The maximum atomic E-state index is 12.9. The topological polar surface area (TPSA) is 60.2 Å². The van der Waals surface area contributed by atoms with E-state index in [1.807, 2.05) is 24.3 Å². The monoisotopic (exact) mass is 243 g/mol. The van der Waals surface area contributed by atoms with Crippen LogP contribution in [0.2, 0.25) is 0 Å². The van der Waals surface area contributed by atoms with Crippen LogP contribution in [0.4, 0.5) is 3.89 Å². The number of aryl methyl sites for hydroxylation is 1. The highest BCUT2D eigenvalue weighted by Crippen LogP contribution is 2.39. The first-order chi connectivity index (χ1) is 7.47. The predicted octanol–water partition coefficient (Wildman–Crippen LogP) is 1.13. The zero-order valence-corrected chi connectivity index (χ0v) is 9.63. The van der Waals surface area contributed by atoms with E-state index in [0.717, 1.165) is 17.5 Å². The molecule has 1 aromatic carbocycles. The van der Waals surface area contributed by atoms with Crippen molar-refractivity contribution in [2.45, 2.75) is 18.3 Å². The fraction of sp³-hybridized carbons (Fsp3) is 0.455. The number of fused-ring (bicyclic) bond motifs is 1. The van der Waals surface area contributed by atoms with Crippen molar-refractivity contribution < 1.29 is 12.3 Å². The Morgan fingerprint density at radius 2 is 2.06 bits per heavy atom. The van der Waals surface area contributed by atoms with E-state index in [1.54, 1.807) is 0 Å². The largest absolute Gasteiger partial charge is 0.330 e. The molecule has 0 spiro atoms. The van der Waals surface area contributed by atoms with Gasteiger partial charge in [0, 0.05) is 12.0 Å². The van der Waals surface area contributed by atoms with E-state index in [4.69, 9.17) is 5.73 Å². The third-order valence-corrected chi connectivity index (χ3v) is 4.20. The molecule has 0 bridgehead atoms. The molecule has 3 nitrogen and oxygen atoms in total. The first kappa shape index (κ1) is 11.5. The first-order valence-electron chi connectivity index (χ1n) is 5.18. The van der Waals surface area contributed by atoms with E-state index in [9.17, 15) is 12.3 Å². The summed E-state index contributed by atoms with van der Waals surface area (Å²) in [6.07, 6.45) is 1.37. The van der Waals surface area contributed by atoms with Gasteiger partial charge in [-0.15, -0.1) is 3.89 Å². The van der Waals surface area contributed by atoms with Crippen molar-refractivity contribution in [1.29, 1.82) is 0 Å². The average Bonchev–Trinajstić information content (AvgIpc) is 2.57. The van der Waals surface area contributed by atoms with Crippen molar-refractivity contribution in [1.82, 2.24) is 0 Å². The van der Waals surface area contributed by atoms with Gasteiger partial charge in [-0.25, -0.2) is 0 Å². The highest BCUT2D eigenvalue weighted by atomic mass is 32.3. The smallest absolute Gasteiger partial charge is 0.303 e. The highest BCUT2D eigenvalue weighted by Gasteiger charge is 2.41. The Balaban J connectivity index is 2.46. The van der Waals surface area contributed by atoms with Gasteiger partial charge in [-0.05, 0) is 24.0 Å². The minimum absolute atomic E-state index is 0.160. The average molecular weight is 243 g/mol. The number of hydrogen-bond donors (Lipinski definition) is 1. The Morgan fingerprint density at radius 1 is 1.38 bits per heavy atom. The van der Waals surface area contributed by atoms with Crippen LogP contribution < -0.4 is 5.73 Å². The molecule has 0 fully saturated rings. The molecule has 0 amide bonds. The molecule has 2 rings (SSSR count). The second-order valence-electron chi connectivity index (χ2n) is 4.32. The quantitative estimate of drug-likeness (QED) is 0.809. The van der Waals surface area contributed by atoms with E-state index < -0.39 is 21.4 Å². The maximum Gasteiger partial charge on any atom is 0.303 e. The molecule has 0 saturated heterocycles. The number of halogens is 1. The molecule has 0 heterocycles. The lowest BCUT2D eigenvalue weighted by molar-refractivity contribution is 0.460. The lowest BCUT2D eigenvalue weighted by Gasteiger charge is -2.26. The van der Waals surface area contributed by atoms with Crippen LogP contribution in [0.1, 0.15) is 17.5 Å². The van der Waals surface area contributed by atoms with E-state index >= 15 is 0 Å². The zero-order chi connectivity index (χ0) is 11.8. The molecule has 16 heavy (non-hydrogen) atoms. The van der Waals surface area contributed by atoms with Crippen LogP contribution in [0.3, 0.4) is 0 Å². The van der Waals surface area contributed by atoms with Crippen LogP contribution in [-0.2, 0) is 22.1 Å². The highest BCUT2D eigenvalue weighted by molar-refractivity contribution is 7.86. The SMILES string of the molecule is NCC1(CS(=O)(=O)F)CCc2ccccc21. The molecule has 88 valence electrons. The van der Waals surface area contributed by atoms with Gasteiger partial charge in [0.1, 0.15) is 0 Å². The normalized spacial score (nSPS) is 24.4. The summed E-state index contributed by atoms with van der Waals surface area (Å²) in [5.74, 6) is -0.506. The van der Waals surface area contributed by atoms with Crippen molar-refractivity contribution in [2.24, 2.45) is 5.73 Å². The Labute approximate surface area is 94.7 Å². The lowest BCUT2D eigenvalue weighted by atomic mass is 9.84. The standard InChI is InChI=1S/C11H14FNO2S/c12-16(14,15)8-11(7-13)6-5-9-3-1-2-4-10(9)11/h1-4H,5-8,13H2. The fourth-order valence-electron chi connectivity index (χ4n) is 2.52. The van der Waals surface area contributed by atoms with Crippen LogP contribution in [0.25, 0.3) is 0 Å². The van der Waals surface area contributed by atoms with E-state index in [1.165, 1.54) is 0 Å². The van der Waals surface area contributed by atoms with Crippen molar-refractivity contribution in [2.75, 3.05) is 12.3 Å². The van der Waals surface area contributed by atoms with Gasteiger partial charge in [-0.3, -0.25) is 0 Å². The molecule has 2 N–H and O–H groups in total. The molecule has 0 saturated carbocycles. The molecular weight excluding hydrogens is 229 g/mol. The van der Waals surface area contributed by atoms with Crippen molar-refractivity contribution in [3.63, 3.8) is 0 Å². The Bertz CT molecular complexity index is 500. The summed E-state index contributed by atoms with van der Waals surface area (Å²) in [5.41, 5.74) is 6.90. The van der Waals surface area contributed by atoms with Gasteiger partial charge in [0.15, 0.2) is 0 Å². The first-order valence-corrected chi connectivity index (χ1v) is 6.73. The van der Waals surface area contributed by atoms with Crippen molar-refractivity contribution in [3.8, 4) is 0 Å². The molecule has 0 radical (unpaired) electrons. The maximum absolute atomic E-state index is 12.9. The van der Waals surface area contributed by atoms with Gasteiger partial charge in [0.05, 0.1) is 5.75 Å².